The first-order chi connectivity index (χ1) is 17.0. The van der Waals surface area contributed by atoms with Gasteiger partial charge in [-0.15, -0.1) is 0 Å². The molecule has 0 aromatic heterocycles. The van der Waals surface area contributed by atoms with Crippen LogP contribution in [0.1, 0.15) is 24.5 Å². The average Bonchev–Trinajstić information content (AvgIpc) is 3.20. The molecule has 2 aliphatic heterocycles. The number of benzene rings is 3. The summed E-state index contributed by atoms with van der Waals surface area (Å²) in [4.78, 5) is 37.5. The van der Waals surface area contributed by atoms with Crippen LogP contribution in [0.2, 0.25) is 0 Å². The lowest BCUT2D eigenvalue weighted by Gasteiger charge is -2.27. The largest absolute Gasteiger partial charge is 0.323 e. The number of para-hydroxylation sites is 2. The number of amidine groups is 2. The van der Waals surface area contributed by atoms with E-state index in [0.29, 0.717) is 29.5 Å². The molecule has 5 rings (SSSR count). The Balaban J connectivity index is 1.43. The molecule has 176 valence electrons. The standard InChI is InChI=1S/C27H23FN4O2S/c1-2-23(25(33)30-21-15-9-7-13-19(21)28)35-27-31-20-14-8-6-12-18(20)24-29-22(26(34)32(24)27)16-17-10-4-3-5-11-17/h3-15,22-23H,2,16H2,1H3,(H,30,33)/t22-,23+/m0/s1. The van der Waals surface area contributed by atoms with Crippen LogP contribution in [0.25, 0.3) is 0 Å². The lowest BCUT2D eigenvalue weighted by molar-refractivity contribution is -0.124. The number of nitrogens with zero attached hydrogens (tertiary/aromatic N) is 3. The number of fused-ring (bicyclic) bond motifs is 3. The Morgan fingerprint density at radius 3 is 2.54 bits per heavy atom. The van der Waals surface area contributed by atoms with E-state index in [9.17, 15) is 14.0 Å². The first-order valence-electron chi connectivity index (χ1n) is 11.4. The minimum absolute atomic E-state index is 0.120. The van der Waals surface area contributed by atoms with Gasteiger partial charge in [-0.25, -0.2) is 14.3 Å². The lowest BCUT2D eigenvalue weighted by Crippen LogP contribution is -2.42. The number of rotatable bonds is 6. The lowest BCUT2D eigenvalue weighted by atomic mass is 10.1. The normalized spacial score (nSPS) is 17.3. The van der Waals surface area contributed by atoms with Crippen LogP contribution in [-0.4, -0.2) is 39.0 Å². The first-order valence-corrected chi connectivity index (χ1v) is 12.3. The van der Waals surface area contributed by atoms with Crippen molar-refractivity contribution in [1.82, 2.24) is 4.90 Å². The molecule has 0 bridgehead atoms. The fraction of sp³-hybridized carbons (Fsp3) is 0.185. The van der Waals surface area contributed by atoms with Crippen molar-refractivity contribution >= 4 is 46.0 Å². The zero-order chi connectivity index (χ0) is 24.4. The SMILES string of the molecule is CC[C@@H](SC1=Nc2ccccc2C2=N[C@@H](Cc3ccccc3)C(=O)N12)C(=O)Nc1ccccc1F. The zero-order valence-electron chi connectivity index (χ0n) is 19.0. The van der Waals surface area contributed by atoms with Crippen molar-refractivity contribution in [2.24, 2.45) is 9.98 Å². The Labute approximate surface area is 207 Å². The van der Waals surface area contributed by atoms with Crippen molar-refractivity contribution in [1.29, 1.82) is 0 Å². The summed E-state index contributed by atoms with van der Waals surface area (Å²) in [5, 5.41) is 2.48. The van der Waals surface area contributed by atoms with Gasteiger partial charge in [0.15, 0.2) is 5.17 Å². The fourth-order valence-electron chi connectivity index (χ4n) is 4.08. The van der Waals surface area contributed by atoms with E-state index < -0.39 is 17.1 Å². The third kappa shape index (κ3) is 4.61. The van der Waals surface area contributed by atoms with Crippen molar-refractivity contribution in [2.75, 3.05) is 5.32 Å². The van der Waals surface area contributed by atoms with E-state index in [1.807, 2.05) is 61.5 Å². The topological polar surface area (TPSA) is 74.1 Å². The van der Waals surface area contributed by atoms with Gasteiger partial charge in [0.25, 0.3) is 5.91 Å². The van der Waals surface area contributed by atoms with Crippen LogP contribution in [0.4, 0.5) is 15.8 Å². The summed E-state index contributed by atoms with van der Waals surface area (Å²) in [6, 6.07) is 22.8. The minimum atomic E-state index is -0.583. The molecule has 3 aromatic rings. The number of nitrogens with one attached hydrogen (secondary N) is 1. The molecule has 2 aliphatic rings. The highest BCUT2D eigenvalue weighted by Crippen LogP contribution is 2.36. The first kappa shape index (κ1) is 23.0. The monoisotopic (exact) mass is 486 g/mol. The molecule has 0 spiro atoms. The maximum absolute atomic E-state index is 14.1. The maximum atomic E-state index is 14.1. The van der Waals surface area contributed by atoms with Gasteiger partial charge in [0.2, 0.25) is 5.91 Å². The van der Waals surface area contributed by atoms with E-state index in [4.69, 9.17) is 9.98 Å². The highest BCUT2D eigenvalue weighted by molar-refractivity contribution is 8.15. The molecule has 6 nitrogen and oxygen atoms in total. The van der Waals surface area contributed by atoms with Crippen molar-refractivity contribution in [3.05, 3.63) is 95.8 Å². The average molecular weight is 487 g/mol. The van der Waals surface area contributed by atoms with Crippen molar-refractivity contribution in [3.8, 4) is 0 Å². The van der Waals surface area contributed by atoms with Crippen LogP contribution in [0.5, 0.6) is 0 Å². The number of aliphatic imine (C=N–C) groups is 2. The molecule has 0 unspecified atom stereocenters. The van der Waals surface area contributed by atoms with Crippen LogP contribution in [-0.2, 0) is 16.0 Å². The highest BCUT2D eigenvalue weighted by Gasteiger charge is 2.42. The maximum Gasteiger partial charge on any atom is 0.259 e. The number of anilines is 1. The number of halogens is 1. The van der Waals surface area contributed by atoms with E-state index >= 15 is 0 Å². The molecule has 0 aliphatic carbocycles. The number of thioether (sulfide) groups is 1. The number of carbonyl (C=O) groups is 2. The summed E-state index contributed by atoms with van der Waals surface area (Å²) >= 11 is 1.19. The van der Waals surface area contributed by atoms with E-state index in [1.165, 1.54) is 28.8 Å². The van der Waals surface area contributed by atoms with Crippen LogP contribution in [0.3, 0.4) is 0 Å². The second kappa shape index (κ2) is 9.84. The third-order valence-corrected chi connectivity index (χ3v) is 7.18. The van der Waals surface area contributed by atoms with Crippen molar-refractivity contribution < 1.29 is 14.0 Å². The molecule has 0 saturated carbocycles. The fourth-order valence-corrected chi connectivity index (χ4v) is 5.10. The predicted octanol–water partition coefficient (Wildman–Crippen LogP) is 5.18. The summed E-state index contributed by atoms with van der Waals surface area (Å²) in [7, 11) is 0. The molecular weight excluding hydrogens is 463 g/mol. The Morgan fingerprint density at radius 1 is 1.06 bits per heavy atom. The second-order valence-electron chi connectivity index (χ2n) is 8.23. The Kier molecular flexibility index (Phi) is 6.46. The summed E-state index contributed by atoms with van der Waals surface area (Å²) in [6.07, 6.45) is 0.943. The minimum Gasteiger partial charge on any atom is -0.323 e. The smallest absolute Gasteiger partial charge is 0.259 e. The molecule has 1 N–H and O–H groups in total. The van der Waals surface area contributed by atoms with E-state index in [-0.39, 0.29) is 17.5 Å². The van der Waals surface area contributed by atoms with E-state index in [2.05, 4.69) is 5.32 Å². The molecule has 0 radical (unpaired) electrons. The van der Waals surface area contributed by atoms with Gasteiger partial charge in [-0.2, -0.15) is 0 Å². The molecule has 35 heavy (non-hydrogen) atoms. The molecular formula is C27H23FN4O2S. The molecule has 2 atom stereocenters. The summed E-state index contributed by atoms with van der Waals surface area (Å²) in [5.41, 5.74) is 2.62. The molecule has 2 amide bonds. The molecule has 3 aromatic carbocycles. The van der Waals surface area contributed by atoms with E-state index in [0.717, 1.165) is 11.1 Å². The van der Waals surface area contributed by atoms with Crippen molar-refractivity contribution in [3.63, 3.8) is 0 Å². The Bertz CT molecular complexity index is 1340. The van der Waals surface area contributed by atoms with Gasteiger partial charge >= 0.3 is 0 Å². The molecule has 0 fully saturated rings. The van der Waals surface area contributed by atoms with Crippen LogP contribution >= 0.6 is 11.8 Å². The summed E-state index contributed by atoms with van der Waals surface area (Å²) in [5.74, 6) is -0.477. The second-order valence-corrected chi connectivity index (χ2v) is 9.40. The number of hydrogen-bond donors (Lipinski definition) is 1. The van der Waals surface area contributed by atoms with Gasteiger partial charge in [0.05, 0.1) is 16.6 Å². The van der Waals surface area contributed by atoms with Crippen LogP contribution < -0.4 is 5.32 Å². The number of amides is 2. The van der Waals surface area contributed by atoms with Gasteiger partial charge < -0.3 is 5.32 Å². The van der Waals surface area contributed by atoms with Gasteiger partial charge in [-0.1, -0.05) is 73.3 Å². The summed E-state index contributed by atoms with van der Waals surface area (Å²) in [6.45, 7) is 1.87. The molecule has 0 saturated heterocycles. The van der Waals surface area contributed by atoms with Gasteiger partial charge in [-0.3, -0.25) is 14.6 Å². The quantitative estimate of drug-likeness (QED) is 0.522. The predicted molar refractivity (Wildman–Crippen MR) is 138 cm³/mol. The van der Waals surface area contributed by atoms with Gasteiger partial charge in [-0.05, 0) is 36.2 Å². The van der Waals surface area contributed by atoms with Crippen molar-refractivity contribution in [2.45, 2.75) is 31.1 Å². The van der Waals surface area contributed by atoms with Crippen LogP contribution in [0.15, 0.2) is 88.8 Å². The van der Waals surface area contributed by atoms with E-state index in [1.54, 1.807) is 12.1 Å². The third-order valence-electron chi connectivity index (χ3n) is 5.86. The number of carbonyl (C=O) groups excluding carboxylic acids is 2. The Hall–Kier alpha value is -3.78. The highest BCUT2D eigenvalue weighted by atomic mass is 32.2. The molecule has 2 heterocycles. The molecule has 8 heteroatoms. The summed E-state index contributed by atoms with van der Waals surface area (Å²) < 4.78 is 14.1. The van der Waals surface area contributed by atoms with Gasteiger partial charge in [0.1, 0.15) is 17.7 Å². The van der Waals surface area contributed by atoms with Gasteiger partial charge in [0, 0.05) is 12.0 Å². The Morgan fingerprint density at radius 2 is 1.77 bits per heavy atom. The van der Waals surface area contributed by atoms with Crippen LogP contribution in [0, 0.1) is 5.82 Å². The number of hydrogen-bond acceptors (Lipinski definition) is 5. The zero-order valence-corrected chi connectivity index (χ0v) is 19.8.